The van der Waals surface area contributed by atoms with Crippen LogP contribution in [0, 0.1) is 0 Å². The van der Waals surface area contributed by atoms with Crippen LogP contribution in [0.1, 0.15) is 0 Å². The van der Waals surface area contributed by atoms with Crippen molar-refractivity contribution < 1.29 is 4.74 Å². The number of pyridine rings is 1. The normalized spacial score (nSPS) is 11.2. The van der Waals surface area contributed by atoms with Crippen LogP contribution in [0.25, 0.3) is 21.4 Å². The van der Waals surface area contributed by atoms with Crippen LogP contribution in [0.4, 0.5) is 5.82 Å². The third-order valence-electron chi connectivity index (χ3n) is 2.60. The van der Waals surface area contributed by atoms with Crippen LogP contribution in [0.3, 0.4) is 0 Å². The number of imidazole rings is 1. The van der Waals surface area contributed by atoms with E-state index in [9.17, 15) is 0 Å². The number of nitrogens with one attached hydrogen (secondary N) is 1. The first kappa shape index (κ1) is 10.3. The zero-order valence-corrected chi connectivity index (χ0v) is 10.5. The van der Waals surface area contributed by atoms with Gasteiger partial charge in [-0.1, -0.05) is 11.3 Å². The molecule has 0 radical (unpaired) electrons. The summed E-state index contributed by atoms with van der Waals surface area (Å²) in [7, 11) is 5.39. The van der Waals surface area contributed by atoms with Crippen molar-refractivity contribution in [2.24, 2.45) is 7.05 Å². The molecule has 0 aliphatic heterocycles. The third kappa shape index (κ3) is 1.35. The summed E-state index contributed by atoms with van der Waals surface area (Å²) in [6, 6.07) is 0. The molecule has 1 N–H and O–H groups in total. The molecule has 0 fully saturated rings. The fourth-order valence-electron chi connectivity index (χ4n) is 1.82. The molecular formula is C10H11N5OS. The van der Waals surface area contributed by atoms with Crippen LogP contribution in [0.5, 0.6) is 5.19 Å². The van der Waals surface area contributed by atoms with E-state index in [-0.39, 0.29) is 0 Å². The molecule has 3 heterocycles. The van der Waals surface area contributed by atoms with Gasteiger partial charge in [-0.2, -0.15) is 4.98 Å². The summed E-state index contributed by atoms with van der Waals surface area (Å²) >= 11 is 1.43. The van der Waals surface area contributed by atoms with Gasteiger partial charge >= 0.3 is 0 Å². The standard InChI is InChI=1S/C10H11N5OS/c1-11-8-5-7(15(2)4-12-5)6-9(14-8)17-10(13-6)16-3/h4H,1-3H3,(H,11,14). The topological polar surface area (TPSA) is 64.9 Å². The van der Waals surface area contributed by atoms with Crippen molar-refractivity contribution in [1.29, 1.82) is 0 Å². The molecule has 88 valence electrons. The Morgan fingerprint density at radius 1 is 1.35 bits per heavy atom. The van der Waals surface area contributed by atoms with Crippen LogP contribution in [0.2, 0.25) is 0 Å². The summed E-state index contributed by atoms with van der Waals surface area (Å²) in [5.74, 6) is 0.763. The highest BCUT2D eigenvalue weighted by Crippen LogP contribution is 2.33. The first-order valence-corrected chi connectivity index (χ1v) is 5.89. The van der Waals surface area contributed by atoms with Gasteiger partial charge in [0.25, 0.3) is 5.19 Å². The lowest BCUT2D eigenvalue weighted by molar-refractivity contribution is 0.413. The monoisotopic (exact) mass is 249 g/mol. The number of rotatable bonds is 2. The quantitative estimate of drug-likeness (QED) is 0.747. The predicted molar refractivity (Wildman–Crippen MR) is 67.8 cm³/mol. The molecule has 0 spiro atoms. The number of aromatic nitrogens is 4. The van der Waals surface area contributed by atoms with Crippen molar-refractivity contribution in [1.82, 2.24) is 19.5 Å². The Labute approximate surface area is 101 Å². The summed E-state index contributed by atoms with van der Waals surface area (Å²) in [4.78, 5) is 14.1. The van der Waals surface area contributed by atoms with Crippen LogP contribution in [-0.2, 0) is 7.05 Å². The number of aryl methyl sites for hydroxylation is 1. The van der Waals surface area contributed by atoms with E-state index in [1.165, 1.54) is 11.3 Å². The Morgan fingerprint density at radius 3 is 2.88 bits per heavy atom. The molecule has 3 rings (SSSR count). The minimum absolute atomic E-state index is 0.614. The molecular weight excluding hydrogens is 238 g/mol. The molecule has 0 aliphatic rings. The second kappa shape index (κ2) is 3.56. The average molecular weight is 249 g/mol. The molecule has 0 saturated carbocycles. The number of methoxy groups -OCH3 is 1. The molecule has 3 aromatic rings. The van der Waals surface area contributed by atoms with Gasteiger partial charge in [0.2, 0.25) is 0 Å². The first-order valence-electron chi connectivity index (χ1n) is 5.08. The van der Waals surface area contributed by atoms with E-state index < -0.39 is 0 Å². The Hall–Kier alpha value is -1.89. The third-order valence-corrected chi connectivity index (χ3v) is 3.51. The van der Waals surface area contributed by atoms with Crippen molar-refractivity contribution in [3.05, 3.63) is 6.33 Å². The number of hydrogen-bond acceptors (Lipinski definition) is 6. The largest absolute Gasteiger partial charge is 0.473 e. The molecule has 17 heavy (non-hydrogen) atoms. The maximum atomic E-state index is 5.16. The van der Waals surface area contributed by atoms with E-state index in [1.807, 2.05) is 18.7 Å². The summed E-state index contributed by atoms with van der Waals surface area (Å²) < 4.78 is 7.10. The number of fused-ring (bicyclic) bond motifs is 3. The Kier molecular flexibility index (Phi) is 2.15. The highest BCUT2D eigenvalue weighted by molar-refractivity contribution is 7.20. The van der Waals surface area contributed by atoms with Gasteiger partial charge in [-0.05, 0) is 0 Å². The minimum Gasteiger partial charge on any atom is -0.473 e. The van der Waals surface area contributed by atoms with Crippen LogP contribution >= 0.6 is 11.3 Å². The van der Waals surface area contributed by atoms with Crippen molar-refractivity contribution in [2.45, 2.75) is 0 Å². The van der Waals surface area contributed by atoms with Gasteiger partial charge in [0, 0.05) is 14.1 Å². The zero-order valence-electron chi connectivity index (χ0n) is 9.68. The van der Waals surface area contributed by atoms with Crippen molar-refractivity contribution in [3.8, 4) is 5.19 Å². The lowest BCUT2D eigenvalue weighted by Crippen LogP contribution is -1.95. The summed E-state index contributed by atoms with van der Waals surface area (Å²) in [6.45, 7) is 0. The van der Waals surface area contributed by atoms with Gasteiger partial charge in [-0.25, -0.2) is 9.97 Å². The molecule has 0 amide bonds. The molecule has 7 heteroatoms. The van der Waals surface area contributed by atoms with E-state index in [1.54, 1.807) is 13.4 Å². The van der Waals surface area contributed by atoms with Crippen LogP contribution in [-0.4, -0.2) is 33.7 Å². The number of hydrogen-bond donors (Lipinski definition) is 1. The first-order chi connectivity index (χ1) is 8.24. The molecule has 0 atom stereocenters. The van der Waals surface area contributed by atoms with Gasteiger partial charge in [0.05, 0.1) is 13.4 Å². The summed E-state index contributed by atoms with van der Waals surface area (Å²) in [5, 5.41) is 3.67. The van der Waals surface area contributed by atoms with E-state index in [4.69, 9.17) is 4.74 Å². The molecule has 0 aliphatic carbocycles. The molecule has 0 aromatic carbocycles. The highest BCUT2D eigenvalue weighted by atomic mass is 32.1. The van der Waals surface area contributed by atoms with Crippen molar-refractivity contribution in [2.75, 3.05) is 19.5 Å². The highest BCUT2D eigenvalue weighted by Gasteiger charge is 2.16. The summed E-state index contributed by atoms with van der Waals surface area (Å²) in [6.07, 6.45) is 1.76. The fraction of sp³-hybridized carbons (Fsp3) is 0.300. The molecule has 6 nitrogen and oxygen atoms in total. The molecule has 0 saturated heterocycles. The molecule has 0 bridgehead atoms. The zero-order chi connectivity index (χ0) is 12.0. The maximum Gasteiger partial charge on any atom is 0.275 e. The number of nitrogens with zero attached hydrogens (tertiary/aromatic N) is 4. The van der Waals surface area contributed by atoms with Gasteiger partial charge in [0.15, 0.2) is 10.6 Å². The number of ether oxygens (including phenoxy) is 1. The van der Waals surface area contributed by atoms with Crippen molar-refractivity contribution >= 4 is 38.5 Å². The smallest absolute Gasteiger partial charge is 0.275 e. The number of thiazole rings is 1. The van der Waals surface area contributed by atoms with Crippen LogP contribution < -0.4 is 10.1 Å². The predicted octanol–water partition coefficient (Wildman–Crippen LogP) is 1.63. The summed E-state index contributed by atoms with van der Waals surface area (Å²) in [5.41, 5.74) is 2.63. The Bertz CT molecular complexity index is 701. The van der Waals surface area contributed by atoms with E-state index in [0.717, 1.165) is 27.2 Å². The van der Waals surface area contributed by atoms with Gasteiger partial charge in [-0.3, -0.25) is 0 Å². The maximum absolute atomic E-state index is 5.16. The van der Waals surface area contributed by atoms with Gasteiger partial charge in [-0.15, -0.1) is 0 Å². The minimum atomic E-state index is 0.614. The molecule has 0 unspecified atom stereocenters. The van der Waals surface area contributed by atoms with E-state index in [0.29, 0.717) is 5.19 Å². The SMILES string of the molecule is CNc1nc2sc(OC)nc2c2c1ncn2C. The lowest BCUT2D eigenvalue weighted by Gasteiger charge is -2.01. The van der Waals surface area contributed by atoms with E-state index >= 15 is 0 Å². The second-order valence-corrected chi connectivity index (χ2v) is 4.54. The van der Waals surface area contributed by atoms with E-state index in [2.05, 4.69) is 20.3 Å². The van der Waals surface area contributed by atoms with Crippen molar-refractivity contribution in [3.63, 3.8) is 0 Å². The lowest BCUT2D eigenvalue weighted by atomic mass is 10.3. The average Bonchev–Trinajstić information content (AvgIpc) is 2.91. The fourth-order valence-corrected chi connectivity index (χ4v) is 2.58. The number of anilines is 1. The van der Waals surface area contributed by atoms with Crippen LogP contribution in [0.15, 0.2) is 6.33 Å². The second-order valence-electron chi connectivity index (χ2n) is 3.60. The van der Waals surface area contributed by atoms with Gasteiger partial charge in [0.1, 0.15) is 16.6 Å². The van der Waals surface area contributed by atoms with Gasteiger partial charge < -0.3 is 14.6 Å². The molecule has 3 aromatic heterocycles. The Morgan fingerprint density at radius 2 is 2.18 bits per heavy atom. The Balaban J connectivity index is 2.50.